The van der Waals surface area contributed by atoms with Crippen LogP contribution in [-0.2, 0) is 10.0 Å². The second-order valence-corrected chi connectivity index (χ2v) is 8.18. The van der Waals surface area contributed by atoms with Gasteiger partial charge in [-0.2, -0.15) is 4.31 Å². The van der Waals surface area contributed by atoms with E-state index in [2.05, 4.69) is 6.92 Å². The van der Waals surface area contributed by atoms with Crippen molar-refractivity contribution < 1.29 is 8.42 Å². The molecular formula is C16H26N2O2S. The van der Waals surface area contributed by atoms with Gasteiger partial charge in [-0.1, -0.05) is 13.0 Å². The molecule has 0 radical (unpaired) electrons. The van der Waals surface area contributed by atoms with Crippen LogP contribution in [0.5, 0.6) is 0 Å². The Kier molecular flexibility index (Phi) is 4.36. The first kappa shape index (κ1) is 16.3. The molecule has 1 aliphatic rings. The van der Waals surface area contributed by atoms with Crippen LogP contribution in [0.3, 0.4) is 0 Å². The quantitative estimate of drug-likeness (QED) is 0.854. The first-order valence-corrected chi connectivity index (χ1v) is 9.00. The third-order valence-electron chi connectivity index (χ3n) is 4.84. The van der Waals surface area contributed by atoms with E-state index in [1.807, 2.05) is 26.8 Å². The third kappa shape index (κ3) is 2.69. The van der Waals surface area contributed by atoms with E-state index in [1.165, 1.54) is 0 Å². The Bertz CT molecular complexity index is 653. The van der Waals surface area contributed by atoms with Crippen LogP contribution in [0.2, 0.25) is 0 Å². The van der Waals surface area contributed by atoms with Crippen LogP contribution in [0.4, 0.5) is 5.69 Å². The van der Waals surface area contributed by atoms with E-state index in [9.17, 15) is 8.42 Å². The molecule has 1 aromatic carbocycles. The highest BCUT2D eigenvalue weighted by Gasteiger charge is 2.36. The summed E-state index contributed by atoms with van der Waals surface area (Å²) < 4.78 is 27.9. The molecule has 1 aliphatic heterocycles. The molecule has 0 bridgehead atoms. The number of hydrogen-bond acceptors (Lipinski definition) is 3. The highest BCUT2D eigenvalue weighted by Crippen LogP contribution is 2.34. The van der Waals surface area contributed by atoms with Crippen LogP contribution in [0.1, 0.15) is 43.4 Å². The van der Waals surface area contributed by atoms with Gasteiger partial charge < -0.3 is 5.73 Å². The van der Waals surface area contributed by atoms with Crippen molar-refractivity contribution in [1.29, 1.82) is 0 Å². The zero-order valence-corrected chi connectivity index (χ0v) is 14.4. The van der Waals surface area contributed by atoms with Crippen LogP contribution in [0.15, 0.2) is 11.0 Å². The average molecular weight is 310 g/mol. The standard InChI is InChI=1S/C16H26N2O2S/c1-10-7-6-8-18(14(10)5)21(19,20)16-12(3)9-11(2)15(17)13(16)4/h9-10,14H,6-8,17H2,1-5H3. The van der Waals surface area contributed by atoms with Crippen molar-refractivity contribution in [2.45, 2.75) is 58.4 Å². The fourth-order valence-electron chi connectivity index (χ4n) is 3.33. The zero-order chi connectivity index (χ0) is 15.9. The molecule has 0 aliphatic carbocycles. The molecule has 1 fully saturated rings. The van der Waals surface area contributed by atoms with Gasteiger partial charge in [0.1, 0.15) is 0 Å². The molecule has 4 nitrogen and oxygen atoms in total. The van der Waals surface area contributed by atoms with Gasteiger partial charge in [0.25, 0.3) is 0 Å². The number of hydrogen-bond donors (Lipinski definition) is 1. The molecule has 0 spiro atoms. The zero-order valence-electron chi connectivity index (χ0n) is 13.6. The number of sulfonamides is 1. The molecule has 2 unspecified atom stereocenters. The summed E-state index contributed by atoms with van der Waals surface area (Å²) in [5, 5.41) is 0. The fourth-order valence-corrected chi connectivity index (χ4v) is 5.55. The van der Waals surface area contributed by atoms with Crippen LogP contribution >= 0.6 is 0 Å². The SMILES string of the molecule is Cc1cc(C)c(S(=O)(=O)N2CCCC(C)C2C)c(C)c1N. The Balaban J connectivity index is 2.57. The van der Waals surface area contributed by atoms with Crippen molar-refractivity contribution in [1.82, 2.24) is 4.31 Å². The minimum atomic E-state index is -3.49. The lowest BCUT2D eigenvalue weighted by Crippen LogP contribution is -2.46. The van der Waals surface area contributed by atoms with E-state index in [-0.39, 0.29) is 6.04 Å². The number of nitrogen functional groups attached to an aromatic ring is 1. The second kappa shape index (κ2) is 5.61. The van der Waals surface area contributed by atoms with Gasteiger partial charge in [-0.15, -0.1) is 0 Å². The normalized spacial score (nSPS) is 24.2. The predicted molar refractivity (Wildman–Crippen MR) is 86.8 cm³/mol. The number of aryl methyl sites for hydroxylation is 2. The Labute approximate surface area is 128 Å². The summed E-state index contributed by atoms with van der Waals surface area (Å²) in [6, 6.07) is 1.90. The van der Waals surface area contributed by atoms with Crippen molar-refractivity contribution in [2.24, 2.45) is 5.92 Å². The molecule has 0 saturated carbocycles. The molecule has 2 rings (SSSR count). The average Bonchev–Trinajstić information content (AvgIpc) is 2.38. The molecule has 21 heavy (non-hydrogen) atoms. The number of piperidine rings is 1. The summed E-state index contributed by atoms with van der Waals surface area (Å²) in [7, 11) is -3.49. The summed E-state index contributed by atoms with van der Waals surface area (Å²) in [4.78, 5) is 0.395. The van der Waals surface area contributed by atoms with Crippen molar-refractivity contribution >= 4 is 15.7 Å². The molecule has 1 aromatic rings. The molecule has 1 heterocycles. The van der Waals surface area contributed by atoms with Gasteiger partial charge >= 0.3 is 0 Å². The summed E-state index contributed by atoms with van der Waals surface area (Å²) in [6.45, 7) is 10.3. The van der Waals surface area contributed by atoms with Crippen molar-refractivity contribution in [3.8, 4) is 0 Å². The van der Waals surface area contributed by atoms with Gasteiger partial charge in [0, 0.05) is 18.3 Å². The molecule has 0 aromatic heterocycles. The first-order chi connectivity index (χ1) is 9.67. The van der Waals surface area contributed by atoms with Gasteiger partial charge in [0.05, 0.1) is 4.90 Å². The minimum Gasteiger partial charge on any atom is -0.398 e. The van der Waals surface area contributed by atoms with Crippen molar-refractivity contribution in [2.75, 3.05) is 12.3 Å². The predicted octanol–water partition coefficient (Wildman–Crippen LogP) is 3.00. The third-order valence-corrected chi connectivity index (χ3v) is 7.12. The monoisotopic (exact) mass is 310 g/mol. The molecule has 2 atom stereocenters. The van der Waals surface area contributed by atoms with Crippen molar-refractivity contribution in [3.05, 3.63) is 22.8 Å². The second-order valence-electron chi connectivity index (χ2n) is 6.35. The highest BCUT2D eigenvalue weighted by atomic mass is 32.2. The molecular weight excluding hydrogens is 284 g/mol. The van der Waals surface area contributed by atoms with E-state index < -0.39 is 10.0 Å². The molecule has 118 valence electrons. The Morgan fingerprint density at radius 3 is 2.43 bits per heavy atom. The topological polar surface area (TPSA) is 63.4 Å². The minimum absolute atomic E-state index is 0.0325. The molecule has 1 saturated heterocycles. The van der Waals surface area contributed by atoms with Crippen LogP contribution in [-0.4, -0.2) is 25.3 Å². The van der Waals surface area contributed by atoms with E-state index in [0.717, 1.165) is 24.0 Å². The maximum atomic E-state index is 13.1. The Morgan fingerprint density at radius 1 is 1.19 bits per heavy atom. The lowest BCUT2D eigenvalue weighted by molar-refractivity contribution is 0.202. The maximum Gasteiger partial charge on any atom is 0.243 e. The van der Waals surface area contributed by atoms with E-state index in [0.29, 0.717) is 28.6 Å². The number of benzene rings is 1. The van der Waals surface area contributed by atoms with Crippen LogP contribution < -0.4 is 5.73 Å². The van der Waals surface area contributed by atoms with Crippen molar-refractivity contribution in [3.63, 3.8) is 0 Å². The summed E-state index contributed by atoms with van der Waals surface area (Å²) in [5.74, 6) is 0.386. The molecule has 0 amide bonds. The Hall–Kier alpha value is -1.07. The first-order valence-electron chi connectivity index (χ1n) is 7.56. The van der Waals surface area contributed by atoms with E-state index >= 15 is 0 Å². The number of nitrogens with two attached hydrogens (primary N) is 1. The lowest BCUT2D eigenvalue weighted by atomic mass is 9.94. The Morgan fingerprint density at radius 2 is 1.81 bits per heavy atom. The smallest absolute Gasteiger partial charge is 0.243 e. The van der Waals surface area contributed by atoms with Gasteiger partial charge in [0.2, 0.25) is 10.0 Å². The summed E-state index contributed by atoms with van der Waals surface area (Å²) >= 11 is 0. The van der Waals surface area contributed by atoms with E-state index in [4.69, 9.17) is 5.73 Å². The van der Waals surface area contributed by atoms with Gasteiger partial charge in [-0.05, 0) is 63.1 Å². The van der Waals surface area contributed by atoms with Gasteiger partial charge in [0.15, 0.2) is 0 Å². The molecule has 5 heteroatoms. The van der Waals surface area contributed by atoms with Gasteiger partial charge in [-0.3, -0.25) is 0 Å². The summed E-state index contributed by atoms with van der Waals surface area (Å²) in [6.07, 6.45) is 2.01. The fraction of sp³-hybridized carbons (Fsp3) is 0.625. The number of anilines is 1. The maximum absolute atomic E-state index is 13.1. The van der Waals surface area contributed by atoms with Gasteiger partial charge in [-0.25, -0.2) is 8.42 Å². The van der Waals surface area contributed by atoms with E-state index in [1.54, 1.807) is 11.2 Å². The van der Waals surface area contributed by atoms with Crippen LogP contribution in [0, 0.1) is 26.7 Å². The largest absolute Gasteiger partial charge is 0.398 e. The lowest BCUT2D eigenvalue weighted by Gasteiger charge is -2.37. The highest BCUT2D eigenvalue weighted by molar-refractivity contribution is 7.89. The summed E-state index contributed by atoms with van der Waals surface area (Å²) in [5.41, 5.74) is 9.03. The molecule has 2 N–H and O–H groups in total. The number of nitrogens with zero attached hydrogens (tertiary/aromatic N) is 1. The number of rotatable bonds is 2. The van der Waals surface area contributed by atoms with Crippen LogP contribution in [0.25, 0.3) is 0 Å².